The third-order valence-electron chi connectivity index (χ3n) is 3.56. The van der Waals surface area contributed by atoms with Crippen molar-refractivity contribution in [1.29, 1.82) is 0 Å². The van der Waals surface area contributed by atoms with E-state index >= 15 is 0 Å². The van der Waals surface area contributed by atoms with Crippen molar-refractivity contribution in [3.63, 3.8) is 0 Å². The first-order valence-electron chi connectivity index (χ1n) is 6.40. The van der Waals surface area contributed by atoms with E-state index in [1.165, 1.54) is 17.5 Å². The van der Waals surface area contributed by atoms with Gasteiger partial charge in [-0.2, -0.15) is 0 Å². The third kappa shape index (κ3) is 2.82. The number of aromatic hydroxyl groups is 1. The van der Waals surface area contributed by atoms with Crippen molar-refractivity contribution in [2.45, 2.75) is 44.6 Å². The molecule has 1 unspecified atom stereocenters. The Morgan fingerprint density at radius 2 is 1.89 bits per heavy atom. The van der Waals surface area contributed by atoms with Gasteiger partial charge < -0.3 is 15.9 Å². The minimum Gasteiger partial charge on any atom is -0.508 e. The fraction of sp³-hybridized carbons (Fsp3) is 0.500. The first kappa shape index (κ1) is 12.9. The van der Waals surface area contributed by atoms with Gasteiger partial charge in [0, 0.05) is 18.0 Å². The van der Waals surface area contributed by atoms with Crippen molar-refractivity contribution >= 4 is 5.97 Å². The average molecular weight is 249 g/mol. The maximum Gasteiger partial charge on any atom is 0.303 e. The zero-order chi connectivity index (χ0) is 13.1. The van der Waals surface area contributed by atoms with E-state index in [2.05, 4.69) is 0 Å². The number of carbonyl (C=O) groups is 1. The highest BCUT2D eigenvalue weighted by molar-refractivity contribution is 5.66. The molecule has 0 bridgehead atoms. The number of hydrogen-bond acceptors (Lipinski definition) is 3. The maximum atomic E-state index is 10.5. The number of hydrogen-bond donors (Lipinski definition) is 3. The van der Waals surface area contributed by atoms with Crippen LogP contribution in [0.1, 0.15) is 48.4 Å². The van der Waals surface area contributed by atoms with Gasteiger partial charge in [0.1, 0.15) is 5.75 Å². The Morgan fingerprint density at radius 3 is 2.50 bits per heavy atom. The monoisotopic (exact) mass is 249 g/mol. The number of aryl methyl sites for hydroxylation is 2. The van der Waals surface area contributed by atoms with Gasteiger partial charge in [-0.25, -0.2) is 0 Å². The molecule has 1 aromatic carbocycles. The van der Waals surface area contributed by atoms with Gasteiger partial charge in [-0.05, 0) is 49.3 Å². The van der Waals surface area contributed by atoms with Gasteiger partial charge in [-0.15, -0.1) is 0 Å². The molecular formula is C14H19NO3. The highest BCUT2D eigenvalue weighted by Gasteiger charge is 2.17. The van der Waals surface area contributed by atoms with Crippen LogP contribution in [-0.2, 0) is 17.6 Å². The smallest absolute Gasteiger partial charge is 0.303 e. The summed E-state index contributed by atoms with van der Waals surface area (Å²) in [6, 6.07) is 3.34. The van der Waals surface area contributed by atoms with Crippen molar-refractivity contribution < 1.29 is 15.0 Å². The number of nitrogens with two attached hydrogens (primary N) is 1. The molecule has 98 valence electrons. The van der Waals surface area contributed by atoms with E-state index in [4.69, 9.17) is 10.8 Å². The number of benzene rings is 1. The van der Waals surface area contributed by atoms with E-state index in [1.54, 1.807) is 6.07 Å². The minimum absolute atomic E-state index is 0.0255. The van der Waals surface area contributed by atoms with E-state index in [0.717, 1.165) is 19.3 Å². The molecule has 0 amide bonds. The molecule has 1 aliphatic carbocycles. The van der Waals surface area contributed by atoms with Crippen LogP contribution in [0.15, 0.2) is 12.1 Å². The van der Waals surface area contributed by atoms with Crippen LogP contribution in [0.2, 0.25) is 0 Å². The van der Waals surface area contributed by atoms with Crippen molar-refractivity contribution in [1.82, 2.24) is 0 Å². The predicted molar refractivity (Wildman–Crippen MR) is 68.5 cm³/mol. The van der Waals surface area contributed by atoms with Gasteiger partial charge in [0.15, 0.2) is 0 Å². The van der Waals surface area contributed by atoms with Crippen LogP contribution in [0.3, 0.4) is 0 Å². The lowest BCUT2D eigenvalue weighted by molar-refractivity contribution is -0.137. The Bertz CT molecular complexity index is 457. The quantitative estimate of drug-likeness (QED) is 0.763. The summed E-state index contributed by atoms with van der Waals surface area (Å²) in [6.45, 7) is 0. The number of phenolic OH excluding ortho intramolecular Hbond substituents is 1. The van der Waals surface area contributed by atoms with Gasteiger partial charge in [-0.3, -0.25) is 4.79 Å². The second-order valence-corrected chi connectivity index (χ2v) is 4.93. The Balaban J connectivity index is 2.19. The second-order valence-electron chi connectivity index (χ2n) is 4.93. The number of phenols is 1. The molecular weight excluding hydrogens is 230 g/mol. The Kier molecular flexibility index (Phi) is 3.87. The standard InChI is InChI=1S/C14H19NO3/c15-12(5-6-14(17)18)11-7-9-3-1-2-4-10(9)8-13(11)16/h7-8,12,16H,1-6,15H2,(H,17,18). The van der Waals surface area contributed by atoms with E-state index in [-0.39, 0.29) is 12.2 Å². The van der Waals surface area contributed by atoms with Crippen LogP contribution in [-0.4, -0.2) is 16.2 Å². The summed E-state index contributed by atoms with van der Waals surface area (Å²) >= 11 is 0. The average Bonchev–Trinajstić information content (AvgIpc) is 2.35. The molecule has 2 rings (SSSR count). The van der Waals surface area contributed by atoms with Gasteiger partial charge in [0.25, 0.3) is 0 Å². The molecule has 1 aliphatic rings. The molecule has 1 atom stereocenters. The van der Waals surface area contributed by atoms with Gasteiger partial charge in [0.2, 0.25) is 0 Å². The SMILES string of the molecule is NC(CCC(=O)O)c1cc2c(cc1O)CCCC2. The first-order valence-corrected chi connectivity index (χ1v) is 6.40. The minimum atomic E-state index is -0.858. The lowest BCUT2D eigenvalue weighted by Gasteiger charge is -2.20. The highest BCUT2D eigenvalue weighted by atomic mass is 16.4. The van der Waals surface area contributed by atoms with Crippen LogP contribution >= 0.6 is 0 Å². The summed E-state index contributed by atoms with van der Waals surface area (Å²) in [4.78, 5) is 10.5. The number of rotatable bonds is 4. The predicted octanol–water partition coefficient (Wildman–Crippen LogP) is 2.14. The van der Waals surface area contributed by atoms with Crippen LogP contribution < -0.4 is 5.73 Å². The number of carboxylic acid groups (broad SMARTS) is 1. The molecule has 4 nitrogen and oxygen atoms in total. The maximum absolute atomic E-state index is 10.5. The Morgan fingerprint density at radius 1 is 1.28 bits per heavy atom. The fourth-order valence-corrected chi connectivity index (χ4v) is 2.52. The summed E-state index contributed by atoms with van der Waals surface area (Å²) in [6.07, 6.45) is 4.74. The lowest BCUT2D eigenvalue weighted by atomic mass is 9.88. The lowest BCUT2D eigenvalue weighted by Crippen LogP contribution is -2.14. The molecule has 4 N–H and O–H groups in total. The number of carboxylic acids is 1. The molecule has 0 saturated heterocycles. The van der Waals surface area contributed by atoms with Crippen molar-refractivity contribution in [2.24, 2.45) is 5.73 Å². The number of fused-ring (bicyclic) bond motifs is 1. The molecule has 0 heterocycles. The van der Waals surface area contributed by atoms with Crippen molar-refractivity contribution in [3.05, 3.63) is 28.8 Å². The molecule has 1 aromatic rings. The van der Waals surface area contributed by atoms with Crippen LogP contribution in [0.5, 0.6) is 5.75 Å². The zero-order valence-corrected chi connectivity index (χ0v) is 10.4. The Labute approximate surface area is 106 Å². The summed E-state index contributed by atoms with van der Waals surface area (Å²) in [5.41, 5.74) is 9.08. The molecule has 4 heteroatoms. The highest BCUT2D eigenvalue weighted by Crippen LogP contribution is 2.32. The topological polar surface area (TPSA) is 83.6 Å². The summed E-state index contributed by atoms with van der Waals surface area (Å²) in [5.74, 6) is -0.656. The first-order chi connectivity index (χ1) is 8.58. The van der Waals surface area contributed by atoms with E-state index in [1.807, 2.05) is 6.07 Å². The van der Waals surface area contributed by atoms with Crippen molar-refractivity contribution in [2.75, 3.05) is 0 Å². The second kappa shape index (κ2) is 5.40. The molecule has 0 fully saturated rings. The zero-order valence-electron chi connectivity index (χ0n) is 10.4. The summed E-state index contributed by atoms with van der Waals surface area (Å²) in [5, 5.41) is 18.6. The summed E-state index contributed by atoms with van der Waals surface area (Å²) < 4.78 is 0. The van der Waals surface area contributed by atoms with E-state index in [9.17, 15) is 9.90 Å². The van der Waals surface area contributed by atoms with Crippen molar-refractivity contribution in [3.8, 4) is 5.75 Å². The van der Waals surface area contributed by atoms with E-state index in [0.29, 0.717) is 12.0 Å². The van der Waals surface area contributed by atoms with Crippen LogP contribution in [0.25, 0.3) is 0 Å². The molecule has 0 saturated carbocycles. The molecule has 0 spiro atoms. The molecule has 18 heavy (non-hydrogen) atoms. The van der Waals surface area contributed by atoms with Crippen LogP contribution in [0.4, 0.5) is 0 Å². The molecule has 0 aliphatic heterocycles. The van der Waals surface area contributed by atoms with E-state index < -0.39 is 12.0 Å². The fourth-order valence-electron chi connectivity index (χ4n) is 2.52. The van der Waals surface area contributed by atoms with Crippen LogP contribution in [0, 0.1) is 0 Å². The largest absolute Gasteiger partial charge is 0.508 e. The van der Waals surface area contributed by atoms with Gasteiger partial charge in [0.05, 0.1) is 0 Å². The normalized spacial score (nSPS) is 16.1. The third-order valence-corrected chi connectivity index (χ3v) is 3.56. The van der Waals surface area contributed by atoms with Gasteiger partial charge in [-0.1, -0.05) is 6.07 Å². The number of aliphatic carboxylic acids is 1. The summed E-state index contributed by atoms with van der Waals surface area (Å²) in [7, 11) is 0. The van der Waals surface area contributed by atoms with Gasteiger partial charge >= 0.3 is 5.97 Å². The molecule has 0 aromatic heterocycles. The molecule has 0 radical (unpaired) electrons. The Hall–Kier alpha value is -1.55.